The molecule has 0 saturated carbocycles. The number of nitrogens with one attached hydrogen (secondary N) is 1. The minimum atomic E-state index is -5.34. The van der Waals surface area contributed by atoms with Gasteiger partial charge in [-0.3, -0.25) is 10.1 Å². The molecule has 0 bridgehead atoms. The summed E-state index contributed by atoms with van der Waals surface area (Å²) in [5.41, 5.74) is -2.10. The Hall–Kier alpha value is -0.549. The molecule has 1 aromatic rings. The van der Waals surface area contributed by atoms with Gasteiger partial charge in [0, 0.05) is 5.69 Å². The van der Waals surface area contributed by atoms with Crippen molar-refractivity contribution in [3.05, 3.63) is 23.3 Å². The first-order valence-electron chi connectivity index (χ1n) is 6.85. The first-order valence-corrected chi connectivity index (χ1v) is 6.85. The fourth-order valence-electron chi connectivity index (χ4n) is 1.96. The number of aliphatic carboxylic acids is 1. The van der Waals surface area contributed by atoms with E-state index in [1.807, 2.05) is 0 Å². The van der Waals surface area contributed by atoms with Crippen molar-refractivity contribution < 1.29 is 83.8 Å². The van der Waals surface area contributed by atoms with Crippen LogP contribution in [0.1, 0.15) is 31.9 Å². The van der Waals surface area contributed by atoms with Crippen LogP contribution in [0.5, 0.6) is 0 Å². The molecule has 0 unspecified atom stereocenters. The summed E-state index contributed by atoms with van der Waals surface area (Å²) < 4.78 is 44.4. The van der Waals surface area contributed by atoms with Crippen LogP contribution >= 0.6 is 0 Å². The van der Waals surface area contributed by atoms with Crippen LogP contribution in [0.4, 0.5) is 23.4 Å². The van der Waals surface area contributed by atoms with Gasteiger partial charge in [0.25, 0.3) is 0 Å². The zero-order valence-corrected chi connectivity index (χ0v) is 17.4. The molecule has 0 atom stereocenters. The van der Waals surface area contributed by atoms with Gasteiger partial charge >= 0.3 is 70.4 Å². The Morgan fingerprint density at radius 1 is 1.25 bits per heavy atom. The third kappa shape index (κ3) is 7.56. The van der Waals surface area contributed by atoms with E-state index in [4.69, 9.17) is 9.84 Å². The summed E-state index contributed by atoms with van der Waals surface area (Å²) in [7, 11) is 0. The molecule has 10 heteroatoms. The molecule has 0 fully saturated rings. The van der Waals surface area contributed by atoms with Crippen LogP contribution in [0.25, 0.3) is 0 Å². The van der Waals surface area contributed by atoms with Crippen LogP contribution in [0.15, 0.2) is 12.1 Å². The van der Waals surface area contributed by atoms with E-state index in [1.54, 1.807) is 20.8 Å². The number of hydrogen-bond donors (Lipinski definition) is 2. The van der Waals surface area contributed by atoms with E-state index >= 15 is 0 Å². The zero-order chi connectivity index (χ0) is 18.0. The number of carboxylic acids is 1. The second-order valence-corrected chi connectivity index (χ2v) is 6.13. The predicted octanol–water partition coefficient (Wildman–Crippen LogP) is 0.0275. The SMILES string of the molecule is Cc1c(NC(=O)OC(C)(C)C)cc(CC(=O)O)cc1[B-](F)(F)F.[K+]. The van der Waals surface area contributed by atoms with E-state index in [0.29, 0.717) is 0 Å². The summed E-state index contributed by atoms with van der Waals surface area (Å²) in [6, 6.07) is 2.00. The van der Waals surface area contributed by atoms with Crippen LogP contribution in [-0.4, -0.2) is 29.7 Å². The van der Waals surface area contributed by atoms with Gasteiger partial charge in [-0.2, -0.15) is 0 Å². The molecule has 1 rings (SSSR count). The molecule has 0 spiro atoms. The van der Waals surface area contributed by atoms with Gasteiger partial charge in [-0.1, -0.05) is 11.6 Å². The van der Waals surface area contributed by atoms with Crippen molar-refractivity contribution in [3.8, 4) is 0 Å². The van der Waals surface area contributed by atoms with Gasteiger partial charge < -0.3 is 22.8 Å². The maximum Gasteiger partial charge on any atom is 1.00 e. The molecule has 0 saturated heterocycles. The number of rotatable bonds is 4. The number of anilines is 1. The molecular formula is C14H18BF3KNO4. The fourth-order valence-corrected chi connectivity index (χ4v) is 1.96. The zero-order valence-electron chi connectivity index (χ0n) is 14.2. The molecule has 24 heavy (non-hydrogen) atoms. The predicted molar refractivity (Wildman–Crippen MR) is 81.1 cm³/mol. The van der Waals surface area contributed by atoms with Crippen LogP contribution in [0.3, 0.4) is 0 Å². The first kappa shape index (κ1) is 23.5. The van der Waals surface area contributed by atoms with Crippen LogP contribution < -0.4 is 62.2 Å². The second-order valence-electron chi connectivity index (χ2n) is 6.13. The first-order chi connectivity index (χ1) is 10.3. The van der Waals surface area contributed by atoms with E-state index in [-0.39, 0.29) is 68.2 Å². The summed E-state index contributed by atoms with van der Waals surface area (Å²) in [5, 5.41) is 11.0. The molecule has 0 aliphatic heterocycles. The number of ether oxygens (including phenoxy) is 1. The largest absolute Gasteiger partial charge is 1.00 e. The standard InChI is InChI=1S/C14H18BF3NO4.K/c1-8-10(15(16,17)18)5-9(7-12(20)21)6-11(8)19-13(22)23-14(2,3)4;/h5-6H,7H2,1-4H3,(H,19,22)(H,20,21);/q-1;+1. The average molecular weight is 371 g/mol. The molecule has 5 nitrogen and oxygen atoms in total. The Labute approximate surface area is 180 Å². The van der Waals surface area contributed by atoms with E-state index < -0.39 is 36.5 Å². The van der Waals surface area contributed by atoms with Crippen LogP contribution in [0, 0.1) is 6.92 Å². The normalized spacial score (nSPS) is 11.5. The Morgan fingerprint density at radius 2 is 1.79 bits per heavy atom. The van der Waals surface area contributed by atoms with Gasteiger partial charge in [-0.05, 0) is 39.3 Å². The summed E-state index contributed by atoms with van der Waals surface area (Å²) in [5.74, 6) is -1.27. The maximum atomic E-state index is 13.1. The number of benzene rings is 1. The quantitative estimate of drug-likeness (QED) is 0.733. The van der Waals surface area contributed by atoms with Crippen molar-refractivity contribution in [3.63, 3.8) is 0 Å². The molecule has 1 amide bonds. The number of halogens is 3. The Kier molecular flexibility index (Phi) is 8.51. The van der Waals surface area contributed by atoms with Crippen molar-refractivity contribution in [2.45, 2.75) is 39.7 Å². The summed E-state index contributed by atoms with van der Waals surface area (Å²) in [6.45, 7) is 0.713. The molecule has 2 N–H and O–H groups in total. The van der Waals surface area contributed by atoms with Crippen molar-refractivity contribution in [2.24, 2.45) is 0 Å². The Morgan fingerprint density at radius 3 is 2.21 bits per heavy atom. The number of carbonyl (C=O) groups is 2. The summed E-state index contributed by atoms with van der Waals surface area (Å²) >= 11 is 0. The Bertz CT molecular complexity index is 630. The van der Waals surface area contributed by atoms with Gasteiger partial charge in [0.1, 0.15) is 5.60 Å². The molecular weight excluding hydrogens is 353 g/mol. The van der Waals surface area contributed by atoms with Gasteiger partial charge in [-0.25, -0.2) is 4.79 Å². The van der Waals surface area contributed by atoms with Crippen molar-refractivity contribution in [1.82, 2.24) is 0 Å². The topological polar surface area (TPSA) is 75.6 Å². The van der Waals surface area contributed by atoms with E-state index in [2.05, 4.69) is 5.32 Å². The third-order valence-corrected chi connectivity index (χ3v) is 2.85. The minimum Gasteiger partial charge on any atom is -0.481 e. The molecule has 0 heterocycles. The fraction of sp³-hybridized carbons (Fsp3) is 0.429. The Balaban J connectivity index is 0.00000529. The number of amides is 1. The van der Waals surface area contributed by atoms with Crippen LogP contribution in [0.2, 0.25) is 0 Å². The summed E-state index contributed by atoms with van der Waals surface area (Å²) in [4.78, 5) is 22.5. The maximum absolute atomic E-state index is 13.1. The third-order valence-electron chi connectivity index (χ3n) is 2.85. The molecule has 0 aliphatic carbocycles. The van der Waals surface area contributed by atoms with Gasteiger partial charge in [-0.15, -0.1) is 5.46 Å². The number of hydrogen-bond acceptors (Lipinski definition) is 3. The van der Waals surface area contributed by atoms with Crippen molar-refractivity contribution in [2.75, 3.05) is 5.32 Å². The molecule has 1 aromatic carbocycles. The summed E-state index contributed by atoms with van der Waals surface area (Å²) in [6.07, 6.45) is -1.49. The second kappa shape index (κ2) is 8.70. The molecule has 0 aromatic heterocycles. The monoisotopic (exact) mass is 371 g/mol. The van der Waals surface area contributed by atoms with Gasteiger partial charge in [0.05, 0.1) is 6.42 Å². The van der Waals surface area contributed by atoms with Crippen molar-refractivity contribution >= 4 is 30.2 Å². The number of carboxylic acid groups (broad SMARTS) is 1. The van der Waals surface area contributed by atoms with Crippen LogP contribution in [-0.2, 0) is 16.0 Å². The molecule has 0 radical (unpaired) electrons. The van der Waals surface area contributed by atoms with Gasteiger partial charge in [0.2, 0.25) is 0 Å². The van der Waals surface area contributed by atoms with Gasteiger partial charge in [0.15, 0.2) is 0 Å². The van der Waals surface area contributed by atoms with E-state index in [9.17, 15) is 22.5 Å². The van der Waals surface area contributed by atoms with E-state index in [1.165, 1.54) is 13.0 Å². The minimum absolute atomic E-state index is 0. The smallest absolute Gasteiger partial charge is 0.481 e. The van der Waals surface area contributed by atoms with E-state index in [0.717, 1.165) is 6.07 Å². The number of carbonyl (C=O) groups excluding carboxylic acids is 1. The molecule has 0 aliphatic rings. The van der Waals surface area contributed by atoms with Crippen molar-refractivity contribution in [1.29, 1.82) is 0 Å². The molecule has 128 valence electrons. The average Bonchev–Trinajstić information content (AvgIpc) is 2.28.